The number of hydrogen-bond donors (Lipinski definition) is 0. The molecule has 0 atom stereocenters. The summed E-state index contributed by atoms with van der Waals surface area (Å²) in [7, 11) is 1.96. The van der Waals surface area contributed by atoms with E-state index in [0.29, 0.717) is 35.2 Å². The summed E-state index contributed by atoms with van der Waals surface area (Å²) in [5, 5.41) is 10.6. The van der Waals surface area contributed by atoms with Crippen molar-refractivity contribution in [3.63, 3.8) is 0 Å². The molecule has 1 aliphatic heterocycles. The molecule has 0 spiro atoms. The lowest BCUT2D eigenvalue weighted by atomic mass is 10.1. The molecule has 0 N–H and O–H groups in total. The Labute approximate surface area is 251 Å². The van der Waals surface area contributed by atoms with Crippen molar-refractivity contribution < 1.29 is 9.53 Å². The predicted octanol–water partition coefficient (Wildman–Crippen LogP) is 6.68. The molecule has 0 bridgehead atoms. The highest BCUT2D eigenvalue weighted by Gasteiger charge is 2.26. The molecule has 3 aromatic heterocycles. The summed E-state index contributed by atoms with van der Waals surface area (Å²) in [5.41, 5.74) is 4.63. The number of aryl methyl sites for hydroxylation is 1. The van der Waals surface area contributed by atoms with Crippen LogP contribution in [0.2, 0.25) is 0 Å². The van der Waals surface area contributed by atoms with E-state index in [0.717, 1.165) is 44.0 Å². The van der Waals surface area contributed by atoms with Crippen LogP contribution in [0.4, 0.5) is 15.7 Å². The minimum absolute atomic E-state index is 0.304. The van der Waals surface area contributed by atoms with E-state index < -0.39 is 5.60 Å². The molecule has 1 aliphatic rings. The van der Waals surface area contributed by atoms with Crippen molar-refractivity contribution >= 4 is 62.2 Å². The Morgan fingerprint density at radius 1 is 1.25 bits per heavy atom. The molecule has 1 aromatic carbocycles. The molecule has 0 saturated carbocycles. The zero-order valence-corrected chi connectivity index (χ0v) is 26.1. The zero-order chi connectivity index (χ0) is 28.6. The van der Waals surface area contributed by atoms with Crippen molar-refractivity contribution in [1.29, 1.82) is 5.26 Å². The Balaban J connectivity index is 1.47. The molecule has 0 radical (unpaired) electrons. The average molecular weight is 668 g/mol. The number of halogens is 1. The van der Waals surface area contributed by atoms with E-state index in [-0.39, 0.29) is 6.09 Å². The van der Waals surface area contributed by atoms with Gasteiger partial charge >= 0.3 is 6.09 Å². The Morgan fingerprint density at radius 2 is 2.00 bits per heavy atom. The van der Waals surface area contributed by atoms with Gasteiger partial charge in [-0.1, -0.05) is 36.5 Å². The molecule has 4 heterocycles. The summed E-state index contributed by atoms with van der Waals surface area (Å²) < 4.78 is 8.69. The molecule has 9 nitrogen and oxygen atoms in total. The third kappa shape index (κ3) is 5.69. The monoisotopic (exact) mass is 667 g/mol. The van der Waals surface area contributed by atoms with Crippen molar-refractivity contribution in [2.45, 2.75) is 46.1 Å². The van der Waals surface area contributed by atoms with Crippen LogP contribution in [-0.2, 0) is 11.2 Å². The summed E-state index contributed by atoms with van der Waals surface area (Å²) in [6.07, 6.45) is 6.92. The summed E-state index contributed by atoms with van der Waals surface area (Å²) in [5.74, 6) is 0.889. The fraction of sp³-hybridized carbons (Fsp3) is 0.345. The molecule has 0 fully saturated rings. The van der Waals surface area contributed by atoms with Crippen molar-refractivity contribution in [1.82, 2.24) is 24.3 Å². The van der Waals surface area contributed by atoms with Gasteiger partial charge < -0.3 is 14.5 Å². The quantitative estimate of drug-likeness (QED) is 0.219. The van der Waals surface area contributed by atoms with E-state index in [1.165, 1.54) is 11.3 Å². The SMILES string of the molecule is CCc1nc2cnc(C3=CCN(C(=O)OC(C)(C)C)CC3)cn2c1N(C)c1nc(-c2ccc(I)cc2)c(C#N)s1. The van der Waals surface area contributed by atoms with E-state index in [2.05, 4.69) is 35.6 Å². The first-order chi connectivity index (χ1) is 19.1. The molecule has 1 amide bonds. The Morgan fingerprint density at radius 3 is 2.62 bits per heavy atom. The number of nitrogens with zero attached hydrogens (tertiary/aromatic N) is 7. The first-order valence-electron chi connectivity index (χ1n) is 13.0. The van der Waals surface area contributed by atoms with Crippen LogP contribution in [0.1, 0.15) is 50.4 Å². The average Bonchev–Trinajstić information content (AvgIpc) is 3.53. The highest BCUT2D eigenvalue weighted by molar-refractivity contribution is 14.1. The molecule has 0 saturated heterocycles. The van der Waals surface area contributed by atoms with Gasteiger partial charge in [-0.2, -0.15) is 5.26 Å². The van der Waals surface area contributed by atoms with Gasteiger partial charge in [0.05, 0.1) is 17.6 Å². The van der Waals surface area contributed by atoms with Gasteiger partial charge in [-0.25, -0.2) is 14.8 Å². The van der Waals surface area contributed by atoms with Crippen LogP contribution < -0.4 is 4.90 Å². The van der Waals surface area contributed by atoms with Crippen LogP contribution in [0.3, 0.4) is 0 Å². The number of imidazole rings is 1. The second-order valence-corrected chi connectivity index (χ2v) is 12.7. The standard InChI is InChI=1S/C29H30IN7O2S/c1-6-21-26(35(5)27-34-25(23(15-31)40-27)19-7-9-20(30)10-8-19)37-17-22(32-16-24(37)33-21)18-11-13-36(14-12-18)28(38)39-29(2,3)4/h7-11,16-17H,6,12-14H2,1-5H3. The largest absolute Gasteiger partial charge is 0.444 e. The van der Waals surface area contributed by atoms with Crippen LogP contribution in [0.25, 0.3) is 22.5 Å². The lowest BCUT2D eigenvalue weighted by Gasteiger charge is -2.29. The molecule has 5 rings (SSSR count). The Kier molecular flexibility index (Phi) is 7.83. The summed E-state index contributed by atoms with van der Waals surface area (Å²) in [6, 6.07) is 10.3. The van der Waals surface area contributed by atoms with E-state index in [1.54, 1.807) is 11.1 Å². The summed E-state index contributed by atoms with van der Waals surface area (Å²) in [6.45, 7) is 8.72. The number of benzene rings is 1. The maximum Gasteiger partial charge on any atom is 0.410 e. The van der Waals surface area contributed by atoms with Crippen LogP contribution in [0.15, 0.2) is 42.7 Å². The molecule has 4 aromatic rings. The Bertz CT molecular complexity index is 1640. The van der Waals surface area contributed by atoms with E-state index in [4.69, 9.17) is 19.7 Å². The second kappa shape index (κ2) is 11.2. The normalized spacial score (nSPS) is 13.7. The maximum absolute atomic E-state index is 12.5. The number of thiazole rings is 1. The summed E-state index contributed by atoms with van der Waals surface area (Å²) in [4.78, 5) is 31.2. The van der Waals surface area contributed by atoms with Gasteiger partial charge in [0.25, 0.3) is 0 Å². The number of aromatic nitrogens is 4. The molecule has 0 unspecified atom stereocenters. The number of rotatable bonds is 5. The number of amides is 1. The van der Waals surface area contributed by atoms with Gasteiger partial charge in [-0.3, -0.25) is 9.38 Å². The van der Waals surface area contributed by atoms with Gasteiger partial charge in [-0.05, 0) is 73.9 Å². The zero-order valence-electron chi connectivity index (χ0n) is 23.1. The van der Waals surface area contributed by atoms with Crippen molar-refractivity contribution in [3.05, 3.63) is 62.6 Å². The first kappa shape index (κ1) is 28.0. The number of carbonyl (C=O) groups is 1. The minimum Gasteiger partial charge on any atom is -0.444 e. The number of nitriles is 1. The van der Waals surface area contributed by atoms with E-state index in [9.17, 15) is 10.1 Å². The van der Waals surface area contributed by atoms with Crippen LogP contribution in [-0.4, -0.2) is 56.1 Å². The van der Waals surface area contributed by atoms with Gasteiger partial charge in [-0.15, -0.1) is 0 Å². The number of anilines is 2. The Hall–Kier alpha value is -3.50. The predicted molar refractivity (Wildman–Crippen MR) is 166 cm³/mol. The maximum atomic E-state index is 12.5. The number of carbonyl (C=O) groups excluding carboxylic acids is 1. The van der Waals surface area contributed by atoms with Crippen LogP contribution >= 0.6 is 33.9 Å². The van der Waals surface area contributed by atoms with Crippen LogP contribution in [0, 0.1) is 14.9 Å². The minimum atomic E-state index is -0.527. The highest BCUT2D eigenvalue weighted by atomic mass is 127. The lowest BCUT2D eigenvalue weighted by Crippen LogP contribution is -2.39. The fourth-order valence-corrected chi connectivity index (χ4v) is 5.77. The van der Waals surface area contributed by atoms with Crippen LogP contribution in [0.5, 0.6) is 0 Å². The third-order valence-electron chi connectivity index (χ3n) is 6.52. The van der Waals surface area contributed by atoms with Crippen molar-refractivity contribution in [2.75, 3.05) is 25.0 Å². The smallest absolute Gasteiger partial charge is 0.410 e. The van der Waals surface area contributed by atoms with Gasteiger partial charge in [0, 0.05) is 35.5 Å². The van der Waals surface area contributed by atoms with Gasteiger partial charge in [0.1, 0.15) is 28.1 Å². The number of fused-ring (bicyclic) bond motifs is 1. The van der Waals surface area contributed by atoms with Crippen molar-refractivity contribution in [2.24, 2.45) is 0 Å². The topological polar surface area (TPSA) is 99.7 Å². The fourth-order valence-electron chi connectivity index (χ4n) is 4.57. The third-order valence-corrected chi connectivity index (χ3v) is 8.27. The number of ether oxygens (including phenoxy) is 1. The molecule has 0 aliphatic carbocycles. The van der Waals surface area contributed by atoms with E-state index >= 15 is 0 Å². The lowest BCUT2D eigenvalue weighted by molar-refractivity contribution is 0.0270. The molecular formula is C29H30IN7O2S. The summed E-state index contributed by atoms with van der Waals surface area (Å²) >= 11 is 3.63. The molecule has 40 heavy (non-hydrogen) atoms. The van der Waals surface area contributed by atoms with E-state index in [1.807, 2.05) is 73.7 Å². The number of hydrogen-bond acceptors (Lipinski definition) is 8. The second-order valence-electron chi connectivity index (χ2n) is 10.5. The highest BCUT2D eigenvalue weighted by Crippen LogP contribution is 2.37. The molecule has 206 valence electrons. The van der Waals surface area contributed by atoms with Gasteiger partial charge in [0.15, 0.2) is 10.8 Å². The van der Waals surface area contributed by atoms with Crippen molar-refractivity contribution in [3.8, 4) is 17.3 Å². The molecule has 11 heteroatoms. The first-order valence-corrected chi connectivity index (χ1v) is 14.9. The molecular weight excluding hydrogens is 637 g/mol. The van der Waals surface area contributed by atoms with Gasteiger partial charge in [0.2, 0.25) is 0 Å².